The van der Waals surface area contributed by atoms with Gasteiger partial charge in [0.15, 0.2) is 0 Å². The molecule has 0 aromatic heterocycles. The van der Waals surface area contributed by atoms with E-state index in [-0.39, 0.29) is 5.82 Å². The van der Waals surface area contributed by atoms with Gasteiger partial charge < -0.3 is 5.32 Å². The molecule has 1 fully saturated rings. The van der Waals surface area contributed by atoms with Crippen LogP contribution in [0.15, 0.2) is 18.2 Å². The molecule has 0 spiro atoms. The third-order valence-corrected chi connectivity index (χ3v) is 2.82. The number of halogens is 2. The van der Waals surface area contributed by atoms with Crippen LogP contribution in [0.1, 0.15) is 18.4 Å². The molecule has 1 N–H and O–H groups in total. The molecule has 76 valence electrons. The van der Waals surface area contributed by atoms with E-state index in [4.69, 9.17) is 11.6 Å². The quantitative estimate of drug-likeness (QED) is 0.811. The molecule has 0 aliphatic heterocycles. The molecule has 1 aliphatic carbocycles. The van der Waals surface area contributed by atoms with Gasteiger partial charge >= 0.3 is 0 Å². The van der Waals surface area contributed by atoms with Gasteiger partial charge in [-0.15, -0.1) is 0 Å². The molecular formula is C11H13ClFN. The molecule has 0 saturated heterocycles. The lowest BCUT2D eigenvalue weighted by molar-refractivity contribution is 0.613. The van der Waals surface area contributed by atoms with Gasteiger partial charge in [-0.25, -0.2) is 4.39 Å². The fraction of sp³-hybridized carbons (Fsp3) is 0.455. The average Bonchev–Trinajstić information content (AvgIpc) is 2.95. The van der Waals surface area contributed by atoms with Crippen LogP contribution in [0.2, 0.25) is 5.02 Å². The van der Waals surface area contributed by atoms with Crippen molar-refractivity contribution in [3.63, 3.8) is 0 Å². The molecule has 14 heavy (non-hydrogen) atoms. The van der Waals surface area contributed by atoms with Crippen molar-refractivity contribution in [1.29, 1.82) is 0 Å². The highest BCUT2D eigenvalue weighted by Crippen LogP contribution is 2.27. The molecule has 2 rings (SSSR count). The van der Waals surface area contributed by atoms with Crippen LogP contribution >= 0.6 is 11.6 Å². The zero-order valence-electron chi connectivity index (χ0n) is 7.89. The smallest absolute Gasteiger partial charge is 0.123 e. The maximum Gasteiger partial charge on any atom is 0.123 e. The molecule has 1 aromatic carbocycles. The summed E-state index contributed by atoms with van der Waals surface area (Å²) in [4.78, 5) is 0. The number of benzene rings is 1. The van der Waals surface area contributed by atoms with Gasteiger partial charge in [0, 0.05) is 11.6 Å². The largest absolute Gasteiger partial charge is 0.312 e. The zero-order valence-corrected chi connectivity index (χ0v) is 8.65. The van der Waals surface area contributed by atoms with Crippen molar-refractivity contribution in [2.75, 3.05) is 6.54 Å². The number of hydrogen-bond acceptors (Lipinski definition) is 1. The monoisotopic (exact) mass is 213 g/mol. The predicted molar refractivity (Wildman–Crippen MR) is 55.8 cm³/mol. The number of rotatable bonds is 4. The summed E-state index contributed by atoms with van der Waals surface area (Å²) >= 11 is 5.92. The topological polar surface area (TPSA) is 12.0 Å². The van der Waals surface area contributed by atoms with Crippen LogP contribution in [0.3, 0.4) is 0 Å². The molecule has 1 aromatic rings. The molecule has 1 aliphatic rings. The Morgan fingerprint density at radius 3 is 2.93 bits per heavy atom. The van der Waals surface area contributed by atoms with Crippen LogP contribution in [0.4, 0.5) is 4.39 Å². The molecular weight excluding hydrogens is 201 g/mol. The fourth-order valence-corrected chi connectivity index (χ4v) is 1.60. The van der Waals surface area contributed by atoms with Gasteiger partial charge in [-0.05, 0) is 49.1 Å². The highest BCUT2D eigenvalue weighted by molar-refractivity contribution is 6.31. The van der Waals surface area contributed by atoms with Crippen molar-refractivity contribution in [3.8, 4) is 0 Å². The summed E-state index contributed by atoms with van der Waals surface area (Å²) in [5, 5.41) is 3.91. The SMILES string of the molecule is Fc1ccc(Cl)c(CNCC2CC2)c1. The first-order chi connectivity index (χ1) is 6.75. The van der Waals surface area contributed by atoms with E-state index < -0.39 is 0 Å². The first-order valence-corrected chi connectivity index (χ1v) is 5.28. The second kappa shape index (κ2) is 4.28. The summed E-state index contributed by atoms with van der Waals surface area (Å²) in [6, 6.07) is 4.47. The van der Waals surface area contributed by atoms with E-state index in [1.165, 1.54) is 25.0 Å². The second-order valence-corrected chi connectivity index (χ2v) is 4.22. The van der Waals surface area contributed by atoms with Gasteiger partial charge in [0.1, 0.15) is 5.82 Å². The summed E-state index contributed by atoms with van der Waals surface area (Å²) < 4.78 is 12.9. The minimum absolute atomic E-state index is 0.224. The fourth-order valence-electron chi connectivity index (χ4n) is 1.41. The Labute approximate surface area is 88.3 Å². The Hall–Kier alpha value is -0.600. The molecule has 0 radical (unpaired) electrons. The van der Waals surface area contributed by atoms with E-state index in [2.05, 4.69) is 5.32 Å². The van der Waals surface area contributed by atoms with E-state index in [9.17, 15) is 4.39 Å². The molecule has 1 saturated carbocycles. The molecule has 3 heteroatoms. The van der Waals surface area contributed by atoms with E-state index in [1.54, 1.807) is 6.07 Å². The zero-order chi connectivity index (χ0) is 9.97. The van der Waals surface area contributed by atoms with E-state index in [0.29, 0.717) is 11.6 Å². The van der Waals surface area contributed by atoms with Gasteiger partial charge in [-0.1, -0.05) is 11.6 Å². The lowest BCUT2D eigenvalue weighted by Crippen LogP contribution is -2.16. The summed E-state index contributed by atoms with van der Waals surface area (Å²) in [7, 11) is 0. The molecule has 0 unspecified atom stereocenters. The van der Waals surface area contributed by atoms with Crippen molar-refractivity contribution in [2.24, 2.45) is 5.92 Å². The highest BCUT2D eigenvalue weighted by Gasteiger charge is 2.20. The lowest BCUT2D eigenvalue weighted by atomic mass is 10.2. The first kappa shape index (κ1) is 9.94. The third kappa shape index (κ3) is 2.69. The van der Waals surface area contributed by atoms with Gasteiger partial charge in [0.2, 0.25) is 0 Å². The highest BCUT2D eigenvalue weighted by atomic mass is 35.5. The van der Waals surface area contributed by atoms with Crippen LogP contribution in [0.25, 0.3) is 0 Å². The summed E-state index contributed by atoms with van der Waals surface area (Å²) in [5.41, 5.74) is 0.840. The van der Waals surface area contributed by atoms with Gasteiger partial charge in [0.05, 0.1) is 0 Å². The minimum atomic E-state index is -0.224. The maximum atomic E-state index is 12.9. The summed E-state index contributed by atoms with van der Waals surface area (Å²) in [6.45, 7) is 1.68. The second-order valence-electron chi connectivity index (χ2n) is 3.81. The Bertz CT molecular complexity index is 323. The van der Waals surface area contributed by atoms with Gasteiger partial charge in [0.25, 0.3) is 0 Å². The Kier molecular flexibility index (Phi) is 3.04. The standard InChI is InChI=1S/C11H13ClFN/c12-11-4-3-10(13)5-9(11)7-14-6-8-1-2-8/h3-5,8,14H,1-2,6-7H2. The van der Waals surface area contributed by atoms with Gasteiger partial charge in [-0.2, -0.15) is 0 Å². The van der Waals surface area contributed by atoms with Crippen LogP contribution in [0.5, 0.6) is 0 Å². The van der Waals surface area contributed by atoms with Crippen molar-refractivity contribution < 1.29 is 4.39 Å². The van der Waals surface area contributed by atoms with Crippen molar-refractivity contribution in [2.45, 2.75) is 19.4 Å². The molecule has 1 nitrogen and oxygen atoms in total. The Morgan fingerprint density at radius 1 is 1.43 bits per heavy atom. The van der Waals surface area contributed by atoms with Crippen LogP contribution in [-0.2, 0) is 6.54 Å². The predicted octanol–water partition coefficient (Wildman–Crippen LogP) is 2.98. The average molecular weight is 214 g/mol. The van der Waals surface area contributed by atoms with Crippen molar-refractivity contribution in [1.82, 2.24) is 5.32 Å². The normalized spacial score (nSPS) is 15.9. The van der Waals surface area contributed by atoms with Crippen molar-refractivity contribution in [3.05, 3.63) is 34.6 Å². The molecule has 0 heterocycles. The minimum Gasteiger partial charge on any atom is -0.312 e. The van der Waals surface area contributed by atoms with Crippen LogP contribution < -0.4 is 5.32 Å². The van der Waals surface area contributed by atoms with Crippen LogP contribution in [-0.4, -0.2) is 6.54 Å². The number of nitrogens with one attached hydrogen (secondary N) is 1. The first-order valence-electron chi connectivity index (χ1n) is 4.90. The van der Waals surface area contributed by atoms with Gasteiger partial charge in [-0.3, -0.25) is 0 Å². The summed E-state index contributed by atoms with van der Waals surface area (Å²) in [5.74, 6) is 0.611. The molecule has 0 amide bonds. The third-order valence-electron chi connectivity index (χ3n) is 2.45. The van der Waals surface area contributed by atoms with E-state index >= 15 is 0 Å². The lowest BCUT2D eigenvalue weighted by Gasteiger charge is -2.05. The maximum absolute atomic E-state index is 12.9. The molecule has 0 atom stereocenters. The number of hydrogen-bond donors (Lipinski definition) is 1. The van der Waals surface area contributed by atoms with Crippen LogP contribution in [0, 0.1) is 11.7 Å². The Morgan fingerprint density at radius 2 is 2.21 bits per heavy atom. The summed E-state index contributed by atoms with van der Waals surface area (Å²) in [6.07, 6.45) is 2.65. The Balaban J connectivity index is 1.89. The van der Waals surface area contributed by atoms with Crippen molar-refractivity contribution >= 4 is 11.6 Å². The van der Waals surface area contributed by atoms with E-state index in [1.807, 2.05) is 0 Å². The van der Waals surface area contributed by atoms with E-state index in [0.717, 1.165) is 18.0 Å². The molecule has 0 bridgehead atoms.